The van der Waals surface area contributed by atoms with Crippen LogP contribution in [0.5, 0.6) is 0 Å². The molecule has 0 aliphatic rings. The van der Waals surface area contributed by atoms with Gasteiger partial charge in [-0.05, 0) is 6.92 Å². The van der Waals surface area contributed by atoms with Gasteiger partial charge in [0.2, 0.25) is 0 Å². The molecular weight excluding hydrogens is 144 g/mol. The predicted molar refractivity (Wildman–Crippen MR) is 40.2 cm³/mol. The van der Waals surface area contributed by atoms with Gasteiger partial charge in [-0.3, -0.25) is 9.36 Å². The fourth-order valence-corrected chi connectivity index (χ4v) is 0.800. The lowest BCUT2D eigenvalue weighted by Crippen LogP contribution is -2.24. The molecule has 0 saturated heterocycles. The van der Waals surface area contributed by atoms with E-state index in [9.17, 15) is 4.79 Å². The second-order valence-corrected chi connectivity index (χ2v) is 2.42. The molecule has 1 unspecified atom stereocenters. The van der Waals surface area contributed by atoms with Crippen LogP contribution in [0, 0.1) is 0 Å². The summed E-state index contributed by atoms with van der Waals surface area (Å²) in [5.74, 6) is 0. The fraction of sp³-hybridized carbons (Fsp3) is 0.429. The zero-order valence-electron chi connectivity index (χ0n) is 6.27. The van der Waals surface area contributed by atoms with Gasteiger partial charge in [-0.25, -0.2) is 4.98 Å². The molecule has 0 bridgehead atoms. The summed E-state index contributed by atoms with van der Waals surface area (Å²) >= 11 is 0. The number of nitrogens with zero attached hydrogens (tertiary/aromatic N) is 2. The van der Waals surface area contributed by atoms with E-state index in [-0.39, 0.29) is 5.56 Å². The minimum Gasteiger partial charge on any atom is -0.392 e. The molecule has 1 aromatic heterocycles. The molecule has 0 amide bonds. The van der Waals surface area contributed by atoms with Crippen LogP contribution in [0.3, 0.4) is 0 Å². The highest BCUT2D eigenvalue weighted by molar-refractivity contribution is 4.82. The first kappa shape index (κ1) is 7.94. The summed E-state index contributed by atoms with van der Waals surface area (Å²) in [7, 11) is 0. The van der Waals surface area contributed by atoms with E-state index in [4.69, 9.17) is 5.11 Å². The van der Waals surface area contributed by atoms with Crippen LogP contribution in [0.4, 0.5) is 0 Å². The highest BCUT2D eigenvalue weighted by atomic mass is 16.3. The molecule has 60 valence electrons. The lowest BCUT2D eigenvalue weighted by Gasteiger charge is -2.05. The zero-order chi connectivity index (χ0) is 8.27. The van der Waals surface area contributed by atoms with Crippen molar-refractivity contribution in [3.05, 3.63) is 28.9 Å². The zero-order valence-corrected chi connectivity index (χ0v) is 6.27. The third kappa shape index (κ3) is 2.16. The van der Waals surface area contributed by atoms with Crippen molar-refractivity contribution < 1.29 is 5.11 Å². The van der Waals surface area contributed by atoms with Gasteiger partial charge in [-0.2, -0.15) is 0 Å². The normalized spacial score (nSPS) is 12.9. The minimum absolute atomic E-state index is 0.138. The van der Waals surface area contributed by atoms with E-state index in [1.165, 1.54) is 23.2 Å². The van der Waals surface area contributed by atoms with E-state index in [0.29, 0.717) is 6.54 Å². The van der Waals surface area contributed by atoms with Crippen LogP contribution < -0.4 is 5.56 Å². The Morgan fingerprint density at radius 1 is 1.82 bits per heavy atom. The summed E-state index contributed by atoms with van der Waals surface area (Å²) in [5.41, 5.74) is -0.138. The summed E-state index contributed by atoms with van der Waals surface area (Å²) in [5, 5.41) is 8.94. The molecule has 1 N–H and O–H groups in total. The number of hydrogen-bond donors (Lipinski definition) is 1. The molecule has 1 atom stereocenters. The van der Waals surface area contributed by atoms with Crippen LogP contribution in [-0.2, 0) is 6.54 Å². The third-order valence-corrected chi connectivity index (χ3v) is 1.25. The van der Waals surface area contributed by atoms with Crippen LogP contribution in [0.1, 0.15) is 6.92 Å². The molecular formula is C7H10N2O2. The van der Waals surface area contributed by atoms with Crippen molar-refractivity contribution in [1.29, 1.82) is 0 Å². The van der Waals surface area contributed by atoms with Crippen molar-refractivity contribution in [3.8, 4) is 0 Å². The van der Waals surface area contributed by atoms with Crippen LogP contribution in [0.2, 0.25) is 0 Å². The molecule has 1 heterocycles. The highest BCUT2D eigenvalue weighted by Gasteiger charge is 1.97. The molecule has 4 heteroatoms. The van der Waals surface area contributed by atoms with Gasteiger partial charge in [0, 0.05) is 12.3 Å². The van der Waals surface area contributed by atoms with E-state index in [1.807, 2.05) is 0 Å². The maximum absolute atomic E-state index is 11.0. The Morgan fingerprint density at radius 2 is 2.55 bits per heavy atom. The number of aromatic nitrogens is 2. The van der Waals surface area contributed by atoms with Crippen molar-refractivity contribution in [2.24, 2.45) is 0 Å². The Balaban J connectivity index is 2.87. The molecule has 11 heavy (non-hydrogen) atoms. The van der Waals surface area contributed by atoms with E-state index in [1.54, 1.807) is 6.92 Å². The van der Waals surface area contributed by atoms with Crippen LogP contribution in [-0.4, -0.2) is 20.8 Å². The topological polar surface area (TPSA) is 55.1 Å². The molecule has 1 rings (SSSR count). The van der Waals surface area contributed by atoms with Gasteiger partial charge >= 0.3 is 0 Å². The van der Waals surface area contributed by atoms with Crippen molar-refractivity contribution in [2.75, 3.05) is 0 Å². The summed E-state index contributed by atoms with van der Waals surface area (Å²) in [6.45, 7) is 1.92. The molecule has 4 nitrogen and oxygen atoms in total. The third-order valence-electron chi connectivity index (χ3n) is 1.25. The molecule has 0 aliphatic heterocycles. The molecule has 1 aromatic rings. The summed E-state index contributed by atoms with van der Waals surface area (Å²) in [6.07, 6.45) is 2.33. The number of aliphatic hydroxyl groups is 1. The SMILES string of the molecule is CC(O)Cn1cnccc1=O. The highest BCUT2D eigenvalue weighted by Crippen LogP contribution is 1.84. The molecule has 0 aliphatic carbocycles. The first-order chi connectivity index (χ1) is 5.20. The monoisotopic (exact) mass is 154 g/mol. The van der Waals surface area contributed by atoms with Gasteiger partial charge in [0.1, 0.15) is 0 Å². The Bertz CT molecular complexity index is 280. The standard InChI is InChI=1S/C7H10N2O2/c1-6(10)4-9-5-8-3-2-7(9)11/h2-3,5-6,10H,4H2,1H3. The molecule has 0 fully saturated rings. The van der Waals surface area contributed by atoms with Crippen LogP contribution in [0.15, 0.2) is 23.4 Å². The second-order valence-electron chi connectivity index (χ2n) is 2.42. The number of hydrogen-bond acceptors (Lipinski definition) is 3. The average Bonchev–Trinajstić information content (AvgIpc) is 1.93. The number of rotatable bonds is 2. The van der Waals surface area contributed by atoms with Gasteiger partial charge in [0.15, 0.2) is 0 Å². The van der Waals surface area contributed by atoms with Crippen molar-refractivity contribution in [2.45, 2.75) is 19.6 Å². The predicted octanol–water partition coefficient (Wildman–Crippen LogP) is -0.376. The van der Waals surface area contributed by atoms with Gasteiger partial charge in [0.25, 0.3) is 5.56 Å². The smallest absolute Gasteiger partial charge is 0.253 e. The lowest BCUT2D eigenvalue weighted by molar-refractivity contribution is 0.171. The summed E-state index contributed by atoms with van der Waals surface area (Å²) in [4.78, 5) is 14.7. The second kappa shape index (κ2) is 3.30. The molecule has 0 saturated carbocycles. The van der Waals surface area contributed by atoms with E-state index in [2.05, 4.69) is 4.98 Å². The average molecular weight is 154 g/mol. The maximum Gasteiger partial charge on any atom is 0.253 e. The summed E-state index contributed by atoms with van der Waals surface area (Å²) in [6, 6.07) is 1.36. The maximum atomic E-state index is 11.0. The quantitative estimate of drug-likeness (QED) is 0.632. The molecule has 0 aromatic carbocycles. The van der Waals surface area contributed by atoms with E-state index < -0.39 is 6.10 Å². The largest absolute Gasteiger partial charge is 0.392 e. The van der Waals surface area contributed by atoms with Gasteiger partial charge in [-0.1, -0.05) is 0 Å². The van der Waals surface area contributed by atoms with Gasteiger partial charge < -0.3 is 5.11 Å². The van der Waals surface area contributed by atoms with Crippen LogP contribution in [0.25, 0.3) is 0 Å². The molecule has 0 radical (unpaired) electrons. The Labute approximate surface area is 64.1 Å². The van der Waals surface area contributed by atoms with Gasteiger partial charge in [-0.15, -0.1) is 0 Å². The van der Waals surface area contributed by atoms with Crippen molar-refractivity contribution >= 4 is 0 Å². The van der Waals surface area contributed by atoms with E-state index in [0.717, 1.165) is 0 Å². The lowest BCUT2D eigenvalue weighted by atomic mass is 10.4. The Morgan fingerprint density at radius 3 is 3.09 bits per heavy atom. The van der Waals surface area contributed by atoms with Crippen molar-refractivity contribution in [3.63, 3.8) is 0 Å². The Kier molecular flexibility index (Phi) is 2.38. The first-order valence-electron chi connectivity index (χ1n) is 3.38. The van der Waals surface area contributed by atoms with Crippen LogP contribution >= 0.6 is 0 Å². The van der Waals surface area contributed by atoms with E-state index >= 15 is 0 Å². The van der Waals surface area contributed by atoms with Crippen molar-refractivity contribution in [1.82, 2.24) is 9.55 Å². The minimum atomic E-state index is -0.517. The molecule has 0 spiro atoms. The summed E-state index contributed by atoms with van der Waals surface area (Å²) < 4.78 is 1.37. The Hall–Kier alpha value is -1.16. The number of aliphatic hydroxyl groups excluding tert-OH is 1. The fourth-order valence-electron chi connectivity index (χ4n) is 0.800. The first-order valence-corrected chi connectivity index (χ1v) is 3.38. The van der Waals surface area contributed by atoms with Gasteiger partial charge in [0.05, 0.1) is 19.0 Å².